The van der Waals surface area contributed by atoms with Gasteiger partial charge in [0, 0.05) is 21.6 Å². The van der Waals surface area contributed by atoms with Gasteiger partial charge in [-0.25, -0.2) is 4.79 Å². The van der Waals surface area contributed by atoms with Crippen molar-refractivity contribution in [3.05, 3.63) is 58.1 Å². The van der Waals surface area contributed by atoms with Crippen LogP contribution in [0.2, 0.25) is 0 Å². The lowest BCUT2D eigenvalue weighted by Gasteiger charge is -2.24. The second-order valence-electron chi connectivity index (χ2n) is 8.89. The number of amides is 1. The van der Waals surface area contributed by atoms with E-state index in [4.69, 9.17) is 9.47 Å². The van der Waals surface area contributed by atoms with Crippen LogP contribution in [-0.4, -0.2) is 25.1 Å². The Hall–Kier alpha value is -2.34. The number of hydrogen-bond donors (Lipinski definition) is 1. The smallest absolute Gasteiger partial charge is 0.347 e. The van der Waals surface area contributed by atoms with Crippen molar-refractivity contribution in [1.29, 1.82) is 0 Å². The SMILES string of the molecule is COC(=O)C(Oc1cccc(NC(=O)C(c2ccc(Br)cc2)C2CCCC2)c1C)C1CC1. The Morgan fingerprint density at radius 2 is 1.69 bits per heavy atom. The van der Waals surface area contributed by atoms with Crippen LogP contribution < -0.4 is 10.1 Å². The highest BCUT2D eigenvalue weighted by atomic mass is 79.9. The van der Waals surface area contributed by atoms with E-state index < -0.39 is 6.10 Å². The van der Waals surface area contributed by atoms with Gasteiger partial charge in [0.2, 0.25) is 5.91 Å². The number of benzene rings is 2. The van der Waals surface area contributed by atoms with E-state index in [9.17, 15) is 9.59 Å². The lowest BCUT2D eigenvalue weighted by atomic mass is 9.84. The quantitative estimate of drug-likeness (QED) is 0.452. The molecule has 1 N–H and O–H groups in total. The number of carbonyl (C=O) groups excluding carboxylic acids is 2. The summed E-state index contributed by atoms with van der Waals surface area (Å²) in [5.74, 6) is 0.609. The van der Waals surface area contributed by atoms with Gasteiger partial charge >= 0.3 is 5.97 Å². The highest BCUT2D eigenvalue weighted by Gasteiger charge is 2.39. The Kier molecular flexibility index (Phi) is 7.19. The van der Waals surface area contributed by atoms with E-state index in [0.717, 1.165) is 41.3 Å². The number of carbonyl (C=O) groups is 2. The fraction of sp³-hybridized carbons (Fsp3) is 0.462. The summed E-state index contributed by atoms with van der Waals surface area (Å²) >= 11 is 3.49. The number of nitrogens with one attached hydrogen (secondary N) is 1. The van der Waals surface area contributed by atoms with Crippen LogP contribution in [0, 0.1) is 18.8 Å². The molecule has 0 aromatic heterocycles. The van der Waals surface area contributed by atoms with Crippen molar-refractivity contribution in [3.63, 3.8) is 0 Å². The third kappa shape index (κ3) is 5.17. The molecule has 2 aliphatic carbocycles. The van der Waals surface area contributed by atoms with Crippen LogP contribution >= 0.6 is 15.9 Å². The maximum Gasteiger partial charge on any atom is 0.347 e. The third-order valence-corrected chi connectivity index (χ3v) is 7.19. The molecule has 0 aliphatic heterocycles. The third-order valence-electron chi connectivity index (χ3n) is 6.66. The molecule has 1 amide bonds. The molecule has 32 heavy (non-hydrogen) atoms. The minimum absolute atomic E-state index is 0.00573. The predicted molar refractivity (Wildman–Crippen MR) is 128 cm³/mol. The summed E-state index contributed by atoms with van der Waals surface area (Å²) in [4.78, 5) is 25.7. The van der Waals surface area contributed by atoms with Gasteiger partial charge in [-0.2, -0.15) is 0 Å². The van der Waals surface area contributed by atoms with Crippen molar-refractivity contribution >= 4 is 33.5 Å². The van der Waals surface area contributed by atoms with Crippen LogP contribution in [0.25, 0.3) is 0 Å². The van der Waals surface area contributed by atoms with Crippen molar-refractivity contribution in [2.75, 3.05) is 12.4 Å². The fourth-order valence-corrected chi connectivity index (χ4v) is 4.94. The fourth-order valence-electron chi connectivity index (χ4n) is 4.68. The zero-order valence-electron chi connectivity index (χ0n) is 18.6. The Morgan fingerprint density at radius 1 is 1.00 bits per heavy atom. The van der Waals surface area contributed by atoms with E-state index in [-0.39, 0.29) is 23.7 Å². The van der Waals surface area contributed by atoms with Gasteiger partial charge in [0.15, 0.2) is 6.10 Å². The number of methoxy groups -OCH3 is 1. The van der Waals surface area contributed by atoms with Gasteiger partial charge in [-0.05, 0) is 68.4 Å². The van der Waals surface area contributed by atoms with Crippen LogP contribution in [0.5, 0.6) is 5.75 Å². The molecule has 2 aromatic rings. The predicted octanol–water partition coefficient (Wildman–Crippen LogP) is 6.00. The first-order valence-electron chi connectivity index (χ1n) is 11.4. The molecule has 2 aromatic carbocycles. The number of hydrogen-bond acceptors (Lipinski definition) is 4. The molecule has 2 unspecified atom stereocenters. The molecule has 4 rings (SSSR count). The molecular weight excluding hydrogens is 470 g/mol. The normalized spacial score (nSPS) is 18.1. The molecule has 0 bridgehead atoms. The number of halogens is 1. The molecule has 2 fully saturated rings. The van der Waals surface area contributed by atoms with Crippen LogP contribution in [0.3, 0.4) is 0 Å². The average Bonchev–Trinajstić information content (AvgIpc) is 3.49. The van der Waals surface area contributed by atoms with Crippen LogP contribution in [0.15, 0.2) is 46.9 Å². The molecule has 0 saturated heterocycles. The molecule has 2 saturated carbocycles. The van der Waals surface area contributed by atoms with E-state index in [1.54, 1.807) is 0 Å². The summed E-state index contributed by atoms with van der Waals surface area (Å²) in [6.07, 6.45) is 5.81. The van der Waals surface area contributed by atoms with E-state index in [0.29, 0.717) is 17.4 Å². The molecule has 0 radical (unpaired) electrons. The van der Waals surface area contributed by atoms with Crippen LogP contribution in [0.1, 0.15) is 55.6 Å². The first kappa shape index (κ1) is 22.8. The molecule has 2 aliphatic rings. The van der Waals surface area contributed by atoms with Crippen LogP contribution in [0.4, 0.5) is 5.69 Å². The summed E-state index contributed by atoms with van der Waals surface area (Å²) in [5, 5.41) is 3.16. The number of rotatable bonds is 8. The topological polar surface area (TPSA) is 64.6 Å². The Labute approximate surface area is 198 Å². The zero-order chi connectivity index (χ0) is 22.7. The maximum atomic E-state index is 13.5. The van der Waals surface area contributed by atoms with Gasteiger partial charge in [0.25, 0.3) is 0 Å². The summed E-state index contributed by atoms with van der Waals surface area (Å²) in [6.45, 7) is 1.91. The van der Waals surface area contributed by atoms with Crippen molar-refractivity contribution < 1.29 is 19.1 Å². The second-order valence-corrected chi connectivity index (χ2v) is 9.81. The summed E-state index contributed by atoms with van der Waals surface area (Å²) < 4.78 is 12.0. The molecule has 170 valence electrons. The minimum atomic E-state index is -0.598. The van der Waals surface area contributed by atoms with Crippen molar-refractivity contribution in [1.82, 2.24) is 0 Å². The number of anilines is 1. The molecule has 0 spiro atoms. The zero-order valence-corrected chi connectivity index (χ0v) is 20.2. The Morgan fingerprint density at radius 3 is 2.31 bits per heavy atom. The van der Waals surface area contributed by atoms with Crippen LogP contribution in [-0.2, 0) is 14.3 Å². The first-order chi connectivity index (χ1) is 15.5. The number of esters is 1. The van der Waals surface area contributed by atoms with Gasteiger partial charge in [0.05, 0.1) is 13.0 Å². The molecule has 5 nitrogen and oxygen atoms in total. The molecular formula is C26H30BrNO4. The van der Waals surface area contributed by atoms with Crippen molar-refractivity contribution in [2.24, 2.45) is 11.8 Å². The lowest BCUT2D eigenvalue weighted by Crippen LogP contribution is -2.31. The summed E-state index contributed by atoms with van der Waals surface area (Å²) in [6, 6.07) is 13.6. The Balaban J connectivity index is 1.55. The molecule has 0 heterocycles. The second kappa shape index (κ2) is 10.1. The van der Waals surface area contributed by atoms with Crippen molar-refractivity contribution in [2.45, 2.75) is 57.5 Å². The highest BCUT2D eigenvalue weighted by Crippen LogP contribution is 2.40. The maximum absolute atomic E-state index is 13.5. The largest absolute Gasteiger partial charge is 0.478 e. The Bertz CT molecular complexity index is 964. The standard InChI is InChI=1S/C26H30BrNO4/c1-16-21(8-5-9-22(16)32-24(19-10-11-19)26(30)31-2)28-25(29)23(17-6-3-4-7-17)18-12-14-20(27)15-13-18/h5,8-9,12-15,17,19,23-24H,3-4,6-7,10-11H2,1-2H3,(H,28,29). The van der Waals surface area contributed by atoms with E-state index >= 15 is 0 Å². The summed E-state index contributed by atoms with van der Waals surface area (Å²) in [7, 11) is 1.38. The van der Waals surface area contributed by atoms with E-state index in [1.165, 1.54) is 20.0 Å². The van der Waals surface area contributed by atoms with Gasteiger partial charge in [-0.15, -0.1) is 0 Å². The van der Waals surface area contributed by atoms with Gasteiger partial charge < -0.3 is 14.8 Å². The molecule has 2 atom stereocenters. The van der Waals surface area contributed by atoms with Crippen molar-refractivity contribution in [3.8, 4) is 5.75 Å². The first-order valence-corrected chi connectivity index (χ1v) is 12.2. The minimum Gasteiger partial charge on any atom is -0.478 e. The van der Waals surface area contributed by atoms with E-state index in [2.05, 4.69) is 21.2 Å². The average molecular weight is 500 g/mol. The monoisotopic (exact) mass is 499 g/mol. The summed E-state index contributed by atoms with van der Waals surface area (Å²) in [5.41, 5.74) is 2.57. The van der Waals surface area contributed by atoms with Gasteiger partial charge in [-0.3, -0.25) is 4.79 Å². The number of ether oxygens (including phenoxy) is 2. The molecule has 6 heteroatoms. The van der Waals surface area contributed by atoms with Gasteiger partial charge in [0.1, 0.15) is 5.75 Å². The van der Waals surface area contributed by atoms with E-state index in [1.807, 2.05) is 49.4 Å². The lowest BCUT2D eigenvalue weighted by molar-refractivity contribution is -0.149. The van der Waals surface area contributed by atoms with Gasteiger partial charge in [-0.1, -0.05) is 47.0 Å². The highest BCUT2D eigenvalue weighted by molar-refractivity contribution is 9.10.